The van der Waals surface area contributed by atoms with Gasteiger partial charge in [0, 0.05) is 23.7 Å². The van der Waals surface area contributed by atoms with Crippen molar-refractivity contribution < 1.29 is 9.90 Å². The number of phenolic OH excluding ortho intramolecular Hbond substituents is 1. The van der Waals surface area contributed by atoms with E-state index in [-0.39, 0.29) is 17.7 Å². The van der Waals surface area contributed by atoms with Crippen LogP contribution in [-0.2, 0) is 0 Å². The Kier molecular flexibility index (Phi) is 5.23. The first kappa shape index (κ1) is 15.8. The van der Waals surface area contributed by atoms with E-state index in [9.17, 15) is 9.90 Å². The molecule has 4 nitrogen and oxygen atoms in total. The molecule has 1 heterocycles. The number of hydrogen-bond donors (Lipinski definition) is 2. The van der Waals surface area contributed by atoms with Gasteiger partial charge in [0.2, 0.25) is 0 Å². The SMILES string of the molecule is Cc1c(O)cccc1C(=O)N(CC1CCNCC1)C(C)C. The van der Waals surface area contributed by atoms with Crippen molar-refractivity contribution in [3.8, 4) is 5.75 Å². The smallest absolute Gasteiger partial charge is 0.254 e. The number of carbonyl (C=O) groups is 1. The summed E-state index contributed by atoms with van der Waals surface area (Å²) in [6, 6.07) is 5.32. The van der Waals surface area contributed by atoms with Crippen molar-refractivity contribution in [1.82, 2.24) is 10.2 Å². The van der Waals surface area contributed by atoms with Crippen LogP contribution >= 0.6 is 0 Å². The van der Waals surface area contributed by atoms with Crippen molar-refractivity contribution in [1.29, 1.82) is 0 Å². The van der Waals surface area contributed by atoms with Gasteiger partial charge in [0.05, 0.1) is 0 Å². The molecule has 1 fully saturated rings. The summed E-state index contributed by atoms with van der Waals surface area (Å²) in [4.78, 5) is 14.8. The lowest BCUT2D eigenvalue weighted by Gasteiger charge is -2.33. The zero-order chi connectivity index (χ0) is 15.4. The third-order valence-electron chi connectivity index (χ3n) is 4.33. The molecule has 1 aromatic rings. The number of carbonyl (C=O) groups excluding carboxylic acids is 1. The summed E-state index contributed by atoms with van der Waals surface area (Å²) in [6.45, 7) is 8.78. The maximum atomic E-state index is 12.8. The van der Waals surface area contributed by atoms with Crippen LogP contribution in [0.5, 0.6) is 5.75 Å². The monoisotopic (exact) mass is 290 g/mol. The summed E-state index contributed by atoms with van der Waals surface area (Å²) < 4.78 is 0. The summed E-state index contributed by atoms with van der Waals surface area (Å²) in [5, 5.41) is 13.2. The van der Waals surface area contributed by atoms with Gasteiger partial charge in [0.1, 0.15) is 5.75 Å². The van der Waals surface area contributed by atoms with Crippen LogP contribution < -0.4 is 5.32 Å². The molecule has 0 unspecified atom stereocenters. The second-order valence-corrected chi connectivity index (χ2v) is 6.19. The Bertz CT molecular complexity index is 494. The zero-order valence-corrected chi connectivity index (χ0v) is 13.2. The van der Waals surface area contributed by atoms with Crippen molar-refractivity contribution in [2.45, 2.75) is 39.7 Å². The molecule has 1 aliphatic heterocycles. The molecule has 0 radical (unpaired) electrons. The van der Waals surface area contributed by atoms with Gasteiger partial charge >= 0.3 is 0 Å². The third-order valence-corrected chi connectivity index (χ3v) is 4.33. The van der Waals surface area contributed by atoms with E-state index in [0.29, 0.717) is 17.0 Å². The molecule has 0 aromatic heterocycles. The molecule has 0 bridgehead atoms. The average Bonchev–Trinajstić information content (AvgIpc) is 2.48. The quantitative estimate of drug-likeness (QED) is 0.896. The molecule has 0 spiro atoms. The molecule has 21 heavy (non-hydrogen) atoms. The van der Waals surface area contributed by atoms with E-state index in [1.165, 1.54) is 0 Å². The average molecular weight is 290 g/mol. The highest BCUT2D eigenvalue weighted by Crippen LogP contribution is 2.23. The highest BCUT2D eigenvalue weighted by molar-refractivity contribution is 5.96. The van der Waals surface area contributed by atoms with E-state index >= 15 is 0 Å². The van der Waals surface area contributed by atoms with Gasteiger partial charge in [0.15, 0.2) is 0 Å². The molecule has 2 rings (SSSR count). The van der Waals surface area contributed by atoms with Crippen molar-refractivity contribution in [3.05, 3.63) is 29.3 Å². The number of phenols is 1. The number of rotatable bonds is 4. The first-order valence-corrected chi connectivity index (χ1v) is 7.81. The predicted molar refractivity (Wildman–Crippen MR) is 84.6 cm³/mol. The Morgan fingerprint density at radius 2 is 2.05 bits per heavy atom. The standard InChI is InChI=1S/C17H26N2O2/c1-12(2)19(11-14-7-9-18-10-8-14)17(21)15-5-4-6-16(20)13(15)3/h4-6,12,14,18,20H,7-11H2,1-3H3. The Hall–Kier alpha value is -1.55. The van der Waals surface area contributed by atoms with Crippen molar-refractivity contribution in [2.75, 3.05) is 19.6 Å². The Labute approximate surface area is 127 Å². The minimum atomic E-state index is 0.0249. The topological polar surface area (TPSA) is 52.6 Å². The highest BCUT2D eigenvalue weighted by Gasteiger charge is 2.25. The molecular formula is C17H26N2O2. The molecule has 1 saturated heterocycles. The van der Waals surface area contributed by atoms with E-state index in [2.05, 4.69) is 19.2 Å². The predicted octanol–water partition coefficient (Wildman–Crippen LogP) is 2.55. The number of hydrogen-bond acceptors (Lipinski definition) is 3. The first-order chi connectivity index (χ1) is 10.0. The number of benzene rings is 1. The van der Waals surface area contributed by atoms with Gasteiger partial charge in [-0.1, -0.05) is 6.07 Å². The lowest BCUT2D eigenvalue weighted by molar-refractivity contribution is 0.0657. The second-order valence-electron chi connectivity index (χ2n) is 6.19. The summed E-state index contributed by atoms with van der Waals surface area (Å²) in [6.07, 6.45) is 2.24. The molecule has 1 aromatic carbocycles. The normalized spacial score (nSPS) is 16.2. The minimum absolute atomic E-state index is 0.0249. The van der Waals surface area contributed by atoms with Crippen LogP contribution in [0.3, 0.4) is 0 Å². The lowest BCUT2D eigenvalue weighted by Crippen LogP contribution is -2.43. The summed E-state index contributed by atoms with van der Waals surface area (Å²) in [5.74, 6) is 0.776. The Balaban J connectivity index is 2.17. The molecule has 1 amide bonds. The van der Waals surface area contributed by atoms with Crippen LogP contribution in [0.2, 0.25) is 0 Å². The van der Waals surface area contributed by atoms with Gasteiger partial charge in [-0.05, 0) is 64.8 Å². The second kappa shape index (κ2) is 6.94. The van der Waals surface area contributed by atoms with Crippen molar-refractivity contribution in [2.24, 2.45) is 5.92 Å². The summed E-state index contributed by atoms with van der Waals surface area (Å²) in [5.41, 5.74) is 1.27. The Morgan fingerprint density at radius 3 is 2.67 bits per heavy atom. The van der Waals surface area contributed by atoms with Gasteiger partial charge in [0.25, 0.3) is 5.91 Å². The van der Waals surface area contributed by atoms with Crippen LogP contribution in [-0.4, -0.2) is 41.6 Å². The van der Waals surface area contributed by atoms with Crippen molar-refractivity contribution >= 4 is 5.91 Å². The lowest BCUT2D eigenvalue weighted by atomic mass is 9.96. The fraction of sp³-hybridized carbons (Fsp3) is 0.588. The largest absolute Gasteiger partial charge is 0.508 e. The minimum Gasteiger partial charge on any atom is -0.508 e. The molecular weight excluding hydrogens is 264 g/mol. The van der Waals surface area contributed by atoms with Crippen LogP contribution in [0.1, 0.15) is 42.6 Å². The van der Waals surface area contributed by atoms with E-state index in [1.807, 2.05) is 4.90 Å². The number of piperidine rings is 1. The van der Waals surface area contributed by atoms with Gasteiger partial charge in [-0.25, -0.2) is 0 Å². The molecule has 4 heteroatoms. The van der Waals surface area contributed by atoms with Crippen LogP contribution in [0.15, 0.2) is 18.2 Å². The maximum Gasteiger partial charge on any atom is 0.254 e. The van der Waals surface area contributed by atoms with Crippen molar-refractivity contribution in [3.63, 3.8) is 0 Å². The first-order valence-electron chi connectivity index (χ1n) is 7.81. The number of aromatic hydroxyl groups is 1. The van der Waals surface area contributed by atoms with E-state index in [4.69, 9.17) is 0 Å². The Morgan fingerprint density at radius 1 is 1.38 bits per heavy atom. The third kappa shape index (κ3) is 3.76. The summed E-state index contributed by atoms with van der Waals surface area (Å²) in [7, 11) is 0. The molecule has 0 saturated carbocycles. The molecule has 116 valence electrons. The van der Waals surface area contributed by atoms with E-state index in [1.54, 1.807) is 25.1 Å². The zero-order valence-electron chi connectivity index (χ0n) is 13.2. The van der Waals surface area contributed by atoms with Crippen LogP contribution in [0, 0.1) is 12.8 Å². The highest BCUT2D eigenvalue weighted by atomic mass is 16.3. The maximum absolute atomic E-state index is 12.8. The van der Waals surface area contributed by atoms with Gasteiger partial charge < -0.3 is 15.3 Å². The van der Waals surface area contributed by atoms with Gasteiger partial charge in [-0.3, -0.25) is 4.79 Å². The molecule has 2 N–H and O–H groups in total. The van der Waals surface area contributed by atoms with Gasteiger partial charge in [-0.2, -0.15) is 0 Å². The van der Waals surface area contributed by atoms with E-state index in [0.717, 1.165) is 32.5 Å². The molecule has 0 atom stereocenters. The fourth-order valence-electron chi connectivity index (χ4n) is 2.88. The number of nitrogens with zero attached hydrogens (tertiary/aromatic N) is 1. The fourth-order valence-corrected chi connectivity index (χ4v) is 2.88. The number of amides is 1. The molecule has 1 aliphatic rings. The summed E-state index contributed by atoms with van der Waals surface area (Å²) >= 11 is 0. The molecule has 0 aliphatic carbocycles. The van der Waals surface area contributed by atoms with Crippen LogP contribution in [0.25, 0.3) is 0 Å². The van der Waals surface area contributed by atoms with E-state index < -0.39 is 0 Å². The van der Waals surface area contributed by atoms with Gasteiger partial charge in [-0.15, -0.1) is 0 Å². The number of nitrogens with one attached hydrogen (secondary N) is 1. The van der Waals surface area contributed by atoms with Crippen LogP contribution in [0.4, 0.5) is 0 Å².